The number of esters is 2. The van der Waals surface area contributed by atoms with Crippen molar-refractivity contribution in [2.75, 3.05) is 27.2 Å². The first kappa shape index (κ1) is 30.8. The molecule has 1 saturated carbocycles. The summed E-state index contributed by atoms with van der Waals surface area (Å²) in [5.41, 5.74) is 3.29. The zero-order valence-corrected chi connectivity index (χ0v) is 23.7. The fourth-order valence-electron chi connectivity index (χ4n) is 5.16. The fraction of sp³-hybridized carbons (Fsp3) is 0.625. The molecule has 0 spiro atoms. The molecule has 5 nitrogen and oxygen atoms in total. The van der Waals surface area contributed by atoms with E-state index in [4.69, 9.17) is 9.47 Å². The number of benzene rings is 1. The highest BCUT2D eigenvalue weighted by Crippen LogP contribution is 2.36. The minimum Gasteiger partial charge on any atom is -0.462 e. The third kappa shape index (κ3) is 11.7. The van der Waals surface area contributed by atoms with Gasteiger partial charge in [0, 0.05) is 30.5 Å². The van der Waals surface area contributed by atoms with Crippen LogP contribution in [-0.2, 0) is 25.5 Å². The first-order valence-electron chi connectivity index (χ1n) is 14.1. The zero-order valence-electron chi connectivity index (χ0n) is 23.7. The second-order valence-corrected chi connectivity index (χ2v) is 11.1. The lowest BCUT2D eigenvalue weighted by Crippen LogP contribution is -2.25. The quantitative estimate of drug-likeness (QED) is 0.110. The zero-order chi connectivity index (χ0) is 27.2. The average Bonchev–Trinajstić information content (AvgIpc) is 3.09. The minimum absolute atomic E-state index is 0.166. The molecule has 0 aliphatic heterocycles. The van der Waals surface area contributed by atoms with E-state index in [-0.39, 0.29) is 6.61 Å². The molecule has 0 saturated heterocycles. The van der Waals surface area contributed by atoms with Crippen LogP contribution in [-0.4, -0.2) is 50.2 Å². The van der Waals surface area contributed by atoms with Crippen molar-refractivity contribution in [3.8, 4) is 0 Å². The maximum Gasteiger partial charge on any atom is 0.334 e. The first-order valence-corrected chi connectivity index (χ1v) is 14.1. The molecule has 1 fully saturated rings. The Bertz CT molecular complexity index is 873. The van der Waals surface area contributed by atoms with Gasteiger partial charge in [0.1, 0.15) is 6.10 Å². The van der Waals surface area contributed by atoms with Crippen LogP contribution in [0.15, 0.2) is 48.6 Å². The number of rotatable bonds is 15. The number of nitrogens with zero attached hydrogens (tertiary/aromatic N) is 1. The summed E-state index contributed by atoms with van der Waals surface area (Å²) in [5.74, 6) is 0.696. The third-order valence-corrected chi connectivity index (χ3v) is 7.31. The van der Waals surface area contributed by atoms with Crippen LogP contribution in [0.4, 0.5) is 0 Å². The van der Waals surface area contributed by atoms with Gasteiger partial charge in [-0.05, 0) is 63.2 Å². The van der Waals surface area contributed by atoms with Gasteiger partial charge in [0.05, 0.1) is 6.61 Å². The highest BCUT2D eigenvalue weighted by atomic mass is 16.6. The van der Waals surface area contributed by atoms with Crippen LogP contribution in [0.1, 0.15) is 95.1 Å². The van der Waals surface area contributed by atoms with Crippen LogP contribution in [0.5, 0.6) is 0 Å². The van der Waals surface area contributed by atoms with Gasteiger partial charge in [0.15, 0.2) is 0 Å². The van der Waals surface area contributed by atoms with E-state index in [1.165, 1.54) is 63.4 Å². The molecule has 1 aliphatic carbocycles. The predicted octanol–water partition coefficient (Wildman–Crippen LogP) is 7.01. The lowest BCUT2D eigenvalue weighted by atomic mass is 9.89. The molecule has 0 N–H and O–H groups in total. The summed E-state index contributed by atoms with van der Waals surface area (Å²) in [5, 5.41) is 0. The Morgan fingerprint density at radius 1 is 1.03 bits per heavy atom. The van der Waals surface area contributed by atoms with Crippen LogP contribution < -0.4 is 0 Å². The Hall–Kier alpha value is -2.40. The monoisotopic (exact) mass is 511 g/mol. The predicted molar refractivity (Wildman–Crippen MR) is 152 cm³/mol. The van der Waals surface area contributed by atoms with E-state index >= 15 is 0 Å². The Kier molecular flexibility index (Phi) is 13.7. The van der Waals surface area contributed by atoms with Crippen molar-refractivity contribution in [1.82, 2.24) is 4.90 Å². The van der Waals surface area contributed by atoms with Crippen molar-refractivity contribution in [3.05, 3.63) is 59.7 Å². The summed E-state index contributed by atoms with van der Waals surface area (Å²) >= 11 is 0. The molecular formula is C32H49NO4. The normalized spacial score (nSPS) is 18.6. The molecule has 206 valence electrons. The molecule has 0 aromatic heterocycles. The van der Waals surface area contributed by atoms with Crippen molar-refractivity contribution in [3.63, 3.8) is 0 Å². The van der Waals surface area contributed by atoms with E-state index in [2.05, 4.69) is 44.3 Å². The van der Waals surface area contributed by atoms with Gasteiger partial charge < -0.3 is 14.4 Å². The third-order valence-electron chi connectivity index (χ3n) is 7.31. The molecule has 1 aromatic rings. The molecule has 3 unspecified atom stereocenters. The maximum atomic E-state index is 12.2. The number of ether oxygens (including phenoxy) is 2. The highest BCUT2D eigenvalue weighted by molar-refractivity contribution is 5.88. The Labute approximate surface area is 225 Å². The fourth-order valence-corrected chi connectivity index (χ4v) is 5.16. The maximum absolute atomic E-state index is 12.2. The molecule has 1 aliphatic rings. The number of carbonyl (C=O) groups excluding carboxylic acids is 2. The molecule has 0 bridgehead atoms. The van der Waals surface area contributed by atoms with Gasteiger partial charge in [-0.1, -0.05) is 82.9 Å². The van der Waals surface area contributed by atoms with Gasteiger partial charge in [-0.3, -0.25) is 0 Å². The van der Waals surface area contributed by atoms with Crippen molar-refractivity contribution in [1.29, 1.82) is 0 Å². The number of carbonyl (C=O) groups is 2. The van der Waals surface area contributed by atoms with Gasteiger partial charge in [-0.2, -0.15) is 0 Å². The Morgan fingerprint density at radius 3 is 2.41 bits per heavy atom. The van der Waals surface area contributed by atoms with Gasteiger partial charge in [-0.15, -0.1) is 0 Å². The number of hydrogen-bond acceptors (Lipinski definition) is 5. The van der Waals surface area contributed by atoms with Crippen molar-refractivity contribution >= 4 is 11.9 Å². The summed E-state index contributed by atoms with van der Waals surface area (Å²) in [7, 11) is 3.75. The van der Waals surface area contributed by atoms with Crippen LogP contribution in [0.3, 0.4) is 0 Å². The summed E-state index contributed by atoms with van der Waals surface area (Å²) < 4.78 is 11.1. The van der Waals surface area contributed by atoms with Crippen LogP contribution >= 0.6 is 0 Å². The molecule has 1 aromatic carbocycles. The average molecular weight is 512 g/mol. The standard InChI is InChI=1S/C32H49NO4/c1-7-8-9-11-26-12-10-13-28(17-14-26)29-18-15-27(16-19-29)22-30(37-31(34)24(2)3)20-21-36-32(35)25(4)23-33(5)6/h15-16,18-19,26,28,30H,2,4,7-14,17,20-23H2,1,3,5-6H3. The first-order chi connectivity index (χ1) is 17.7. The van der Waals surface area contributed by atoms with Gasteiger partial charge >= 0.3 is 11.9 Å². The minimum atomic E-state index is -0.420. The van der Waals surface area contributed by atoms with Crippen molar-refractivity contribution in [2.45, 2.75) is 96.5 Å². The van der Waals surface area contributed by atoms with Gasteiger partial charge in [0.2, 0.25) is 0 Å². The molecule has 5 heteroatoms. The summed E-state index contributed by atoms with van der Waals surface area (Å²) in [4.78, 5) is 26.3. The van der Waals surface area contributed by atoms with Crippen LogP contribution in [0.25, 0.3) is 0 Å². The topological polar surface area (TPSA) is 55.8 Å². The molecule has 0 heterocycles. The van der Waals surface area contributed by atoms with E-state index in [1.54, 1.807) is 6.92 Å². The summed E-state index contributed by atoms with van der Waals surface area (Å²) in [6, 6.07) is 8.82. The van der Waals surface area contributed by atoms with E-state index in [1.807, 2.05) is 19.0 Å². The Morgan fingerprint density at radius 2 is 1.76 bits per heavy atom. The largest absolute Gasteiger partial charge is 0.462 e. The second-order valence-electron chi connectivity index (χ2n) is 11.1. The number of unbranched alkanes of at least 4 members (excludes halogenated alkanes) is 2. The summed E-state index contributed by atoms with van der Waals surface area (Å²) in [6.45, 7) is 12.0. The van der Waals surface area contributed by atoms with E-state index in [9.17, 15) is 9.59 Å². The van der Waals surface area contributed by atoms with Crippen LogP contribution in [0.2, 0.25) is 0 Å². The van der Waals surface area contributed by atoms with E-state index in [0.717, 1.165) is 11.5 Å². The smallest absolute Gasteiger partial charge is 0.334 e. The van der Waals surface area contributed by atoms with Crippen LogP contribution in [0, 0.1) is 5.92 Å². The molecule has 0 amide bonds. The van der Waals surface area contributed by atoms with Crippen molar-refractivity contribution in [2.24, 2.45) is 5.92 Å². The Balaban J connectivity index is 1.93. The second kappa shape index (κ2) is 16.4. The van der Waals surface area contributed by atoms with Crippen molar-refractivity contribution < 1.29 is 19.1 Å². The molecule has 2 rings (SSSR count). The molecule has 0 radical (unpaired) electrons. The van der Waals surface area contributed by atoms with E-state index < -0.39 is 18.0 Å². The summed E-state index contributed by atoms with van der Waals surface area (Å²) in [6.07, 6.45) is 12.6. The lowest BCUT2D eigenvalue weighted by molar-refractivity contribution is -0.146. The van der Waals surface area contributed by atoms with Gasteiger partial charge in [0.25, 0.3) is 0 Å². The molecule has 3 atom stereocenters. The molecular weight excluding hydrogens is 462 g/mol. The SMILES string of the molecule is C=C(C)C(=O)OC(CCOC(=O)C(=C)CN(C)C)Cc1ccc(C2CCCC(CCCCC)CC2)cc1. The lowest BCUT2D eigenvalue weighted by Gasteiger charge is -2.20. The molecule has 37 heavy (non-hydrogen) atoms. The number of likely N-dealkylation sites (N-methyl/N-ethyl adjacent to an activating group) is 1. The van der Waals surface area contributed by atoms with Gasteiger partial charge in [-0.25, -0.2) is 9.59 Å². The number of hydrogen-bond donors (Lipinski definition) is 0. The highest BCUT2D eigenvalue weighted by Gasteiger charge is 2.21. The van der Waals surface area contributed by atoms with E-state index in [0.29, 0.717) is 36.5 Å².